The number of aromatic amines is 1. The van der Waals surface area contributed by atoms with Crippen molar-refractivity contribution in [3.05, 3.63) is 47.8 Å². The first kappa shape index (κ1) is 15.2. The zero-order valence-corrected chi connectivity index (χ0v) is 13.9. The maximum atomic E-state index is 12.5. The van der Waals surface area contributed by atoms with Crippen LogP contribution in [-0.2, 0) is 0 Å². The molecule has 2 aromatic rings. The first-order valence-electron chi connectivity index (χ1n) is 8.72. The molecule has 2 N–H and O–H groups in total. The van der Waals surface area contributed by atoms with Crippen LogP contribution in [0, 0.1) is 11.8 Å². The first-order valence-corrected chi connectivity index (χ1v) is 8.72. The van der Waals surface area contributed by atoms with Gasteiger partial charge < -0.3 is 10.1 Å². The Kier molecular flexibility index (Phi) is 4.00. The molecule has 2 fully saturated rings. The third-order valence-electron chi connectivity index (χ3n) is 5.73. The van der Waals surface area contributed by atoms with Gasteiger partial charge in [-0.3, -0.25) is 9.89 Å². The SMILES string of the molecule is COc1ccc([C@H]2[C@H]3CCCC[C@@H]3[C@@H]2NC(=O)c2ccn[nH]2)cc1. The Morgan fingerprint density at radius 1 is 1.17 bits per heavy atom. The fourth-order valence-corrected chi connectivity index (χ4v) is 4.56. The van der Waals surface area contributed by atoms with Crippen molar-refractivity contribution in [1.29, 1.82) is 0 Å². The number of carbonyl (C=O) groups is 1. The molecule has 24 heavy (non-hydrogen) atoms. The number of nitrogens with one attached hydrogen (secondary N) is 2. The van der Waals surface area contributed by atoms with Crippen molar-refractivity contribution in [2.24, 2.45) is 11.8 Å². The third kappa shape index (κ3) is 2.58. The normalized spacial score (nSPS) is 28.5. The number of H-pyrrole nitrogens is 1. The first-order chi connectivity index (χ1) is 11.8. The summed E-state index contributed by atoms with van der Waals surface area (Å²) in [6, 6.07) is 10.2. The Morgan fingerprint density at radius 2 is 1.92 bits per heavy atom. The van der Waals surface area contributed by atoms with Crippen molar-refractivity contribution in [2.75, 3.05) is 7.11 Å². The van der Waals surface area contributed by atoms with Crippen LogP contribution >= 0.6 is 0 Å². The van der Waals surface area contributed by atoms with Crippen LogP contribution in [-0.4, -0.2) is 29.3 Å². The van der Waals surface area contributed by atoms with Crippen molar-refractivity contribution in [1.82, 2.24) is 15.5 Å². The fourth-order valence-electron chi connectivity index (χ4n) is 4.56. The van der Waals surface area contributed by atoms with Crippen LogP contribution in [0.15, 0.2) is 36.5 Å². The molecule has 0 aliphatic heterocycles. The largest absolute Gasteiger partial charge is 0.497 e. The average Bonchev–Trinajstić information content (AvgIpc) is 3.15. The molecule has 0 spiro atoms. The van der Waals surface area contributed by atoms with Gasteiger partial charge in [-0.2, -0.15) is 5.10 Å². The lowest BCUT2D eigenvalue weighted by Gasteiger charge is -2.55. The van der Waals surface area contributed by atoms with E-state index in [-0.39, 0.29) is 11.9 Å². The van der Waals surface area contributed by atoms with Gasteiger partial charge >= 0.3 is 0 Å². The van der Waals surface area contributed by atoms with E-state index >= 15 is 0 Å². The van der Waals surface area contributed by atoms with E-state index in [9.17, 15) is 4.79 Å². The topological polar surface area (TPSA) is 67.0 Å². The number of fused-ring (bicyclic) bond motifs is 1. The van der Waals surface area contributed by atoms with Crippen molar-refractivity contribution >= 4 is 5.91 Å². The molecule has 5 heteroatoms. The summed E-state index contributed by atoms with van der Waals surface area (Å²) in [7, 11) is 1.68. The summed E-state index contributed by atoms with van der Waals surface area (Å²) < 4.78 is 5.27. The molecule has 1 amide bonds. The quantitative estimate of drug-likeness (QED) is 0.907. The van der Waals surface area contributed by atoms with E-state index in [1.54, 1.807) is 19.4 Å². The molecule has 0 radical (unpaired) electrons. The van der Waals surface area contributed by atoms with E-state index in [1.165, 1.54) is 31.2 Å². The Labute approximate surface area is 141 Å². The summed E-state index contributed by atoms with van der Waals surface area (Å²) >= 11 is 0. The van der Waals surface area contributed by atoms with Gasteiger partial charge in [0.25, 0.3) is 5.91 Å². The van der Waals surface area contributed by atoms with Gasteiger partial charge in [0, 0.05) is 18.2 Å². The van der Waals surface area contributed by atoms with E-state index in [4.69, 9.17) is 4.74 Å². The van der Waals surface area contributed by atoms with Crippen molar-refractivity contribution in [2.45, 2.75) is 37.6 Å². The van der Waals surface area contributed by atoms with Gasteiger partial charge in [-0.1, -0.05) is 25.0 Å². The highest BCUT2D eigenvalue weighted by molar-refractivity contribution is 5.92. The number of hydrogen-bond acceptors (Lipinski definition) is 3. The van der Waals surface area contributed by atoms with Crippen LogP contribution in [0.5, 0.6) is 5.75 Å². The van der Waals surface area contributed by atoms with Gasteiger partial charge in [0.15, 0.2) is 0 Å². The molecule has 0 unspecified atom stereocenters. The van der Waals surface area contributed by atoms with Gasteiger partial charge in [-0.15, -0.1) is 0 Å². The summed E-state index contributed by atoms with van der Waals surface area (Å²) in [5, 5.41) is 9.88. The summed E-state index contributed by atoms with van der Waals surface area (Å²) in [5.74, 6) is 2.49. The second-order valence-corrected chi connectivity index (χ2v) is 6.88. The van der Waals surface area contributed by atoms with Crippen LogP contribution in [0.25, 0.3) is 0 Å². The summed E-state index contributed by atoms with van der Waals surface area (Å²) in [5.41, 5.74) is 1.83. The maximum Gasteiger partial charge on any atom is 0.269 e. The number of benzene rings is 1. The average molecular weight is 325 g/mol. The van der Waals surface area contributed by atoms with E-state index in [0.717, 1.165) is 5.75 Å². The highest BCUT2D eigenvalue weighted by atomic mass is 16.5. The number of carbonyl (C=O) groups excluding carboxylic acids is 1. The van der Waals surface area contributed by atoms with Crippen LogP contribution in [0.1, 0.15) is 47.7 Å². The smallest absolute Gasteiger partial charge is 0.269 e. The minimum atomic E-state index is -0.0555. The Balaban J connectivity index is 1.56. The van der Waals surface area contributed by atoms with Crippen LogP contribution < -0.4 is 10.1 Å². The lowest BCUT2D eigenvalue weighted by molar-refractivity contribution is 0.0250. The second kappa shape index (κ2) is 6.30. The predicted octanol–water partition coefficient (Wildman–Crippen LogP) is 3.12. The molecule has 1 heterocycles. The minimum absolute atomic E-state index is 0.0555. The van der Waals surface area contributed by atoms with Gasteiger partial charge in [-0.05, 0) is 48.4 Å². The molecule has 4 atom stereocenters. The highest BCUT2D eigenvalue weighted by Crippen LogP contribution is 2.54. The number of nitrogens with zero attached hydrogens (tertiary/aromatic N) is 1. The summed E-state index contributed by atoms with van der Waals surface area (Å²) in [6.07, 6.45) is 6.66. The summed E-state index contributed by atoms with van der Waals surface area (Å²) in [6.45, 7) is 0. The number of amides is 1. The van der Waals surface area contributed by atoms with Crippen LogP contribution in [0.3, 0.4) is 0 Å². The van der Waals surface area contributed by atoms with E-state index in [0.29, 0.717) is 23.4 Å². The predicted molar refractivity (Wildman–Crippen MR) is 91.0 cm³/mol. The van der Waals surface area contributed by atoms with Crippen molar-refractivity contribution in [3.8, 4) is 5.75 Å². The van der Waals surface area contributed by atoms with Gasteiger partial charge in [-0.25, -0.2) is 0 Å². The standard InChI is InChI=1S/C19H23N3O2/c1-24-13-8-6-12(7-9-13)17-14-4-2-3-5-15(14)18(17)21-19(23)16-10-11-20-22-16/h6-11,14-15,17-18H,2-5H2,1H3,(H,20,22)(H,21,23)/t14-,15-,17-,18-/m0/s1. The maximum absolute atomic E-state index is 12.5. The molecular formula is C19H23N3O2. The molecule has 2 saturated carbocycles. The molecule has 1 aromatic heterocycles. The Bertz CT molecular complexity index is 696. The highest BCUT2D eigenvalue weighted by Gasteiger charge is 2.51. The van der Waals surface area contributed by atoms with E-state index < -0.39 is 0 Å². The number of rotatable bonds is 4. The van der Waals surface area contributed by atoms with Crippen LogP contribution in [0.4, 0.5) is 0 Å². The second-order valence-electron chi connectivity index (χ2n) is 6.88. The molecule has 2 aliphatic rings. The van der Waals surface area contributed by atoms with E-state index in [1.807, 2.05) is 12.1 Å². The number of aromatic nitrogens is 2. The molecule has 0 saturated heterocycles. The van der Waals surface area contributed by atoms with Gasteiger partial charge in [0.05, 0.1) is 7.11 Å². The number of methoxy groups -OCH3 is 1. The Hall–Kier alpha value is -2.30. The lowest BCUT2D eigenvalue weighted by atomic mass is 9.53. The molecule has 2 aliphatic carbocycles. The molecule has 126 valence electrons. The minimum Gasteiger partial charge on any atom is -0.497 e. The summed E-state index contributed by atoms with van der Waals surface area (Å²) in [4.78, 5) is 12.5. The number of ether oxygens (including phenoxy) is 1. The van der Waals surface area contributed by atoms with Gasteiger partial charge in [0.1, 0.15) is 11.4 Å². The van der Waals surface area contributed by atoms with Crippen molar-refractivity contribution < 1.29 is 9.53 Å². The molecule has 1 aromatic carbocycles. The zero-order chi connectivity index (χ0) is 16.5. The lowest BCUT2D eigenvalue weighted by Crippen LogP contribution is -2.59. The molecule has 0 bridgehead atoms. The molecule has 5 nitrogen and oxygen atoms in total. The fraction of sp³-hybridized carbons (Fsp3) is 0.474. The molecule has 4 rings (SSSR count). The van der Waals surface area contributed by atoms with Gasteiger partial charge in [0.2, 0.25) is 0 Å². The zero-order valence-electron chi connectivity index (χ0n) is 13.9. The third-order valence-corrected chi connectivity index (χ3v) is 5.73. The van der Waals surface area contributed by atoms with Crippen molar-refractivity contribution in [3.63, 3.8) is 0 Å². The Morgan fingerprint density at radius 3 is 2.58 bits per heavy atom. The van der Waals surface area contributed by atoms with E-state index in [2.05, 4.69) is 27.6 Å². The van der Waals surface area contributed by atoms with Crippen LogP contribution in [0.2, 0.25) is 0 Å². The number of hydrogen-bond donors (Lipinski definition) is 2. The monoisotopic (exact) mass is 325 g/mol. The molecular weight excluding hydrogens is 302 g/mol.